The summed E-state index contributed by atoms with van der Waals surface area (Å²) in [4.78, 5) is 0. The zero-order valence-corrected chi connectivity index (χ0v) is 9.80. The Bertz CT molecular complexity index is 307. The van der Waals surface area contributed by atoms with Crippen LogP contribution in [-0.4, -0.2) is 9.78 Å². The average Bonchev–Trinajstić information content (AvgIpc) is 2.42. The van der Waals surface area contributed by atoms with Gasteiger partial charge in [0.1, 0.15) is 10.8 Å². The molecule has 0 aliphatic carbocycles. The maximum atomic E-state index is 5.99. The fourth-order valence-electron chi connectivity index (χ4n) is 1.66. The monoisotopic (exact) mass is 215 g/mol. The summed E-state index contributed by atoms with van der Waals surface area (Å²) in [6.45, 7) is 6.19. The Morgan fingerprint density at radius 2 is 2.14 bits per heavy atom. The summed E-state index contributed by atoms with van der Waals surface area (Å²) in [7, 11) is 0. The molecule has 1 aromatic heterocycles. The summed E-state index contributed by atoms with van der Waals surface area (Å²) in [6.07, 6.45) is 3.27. The molecule has 0 saturated carbocycles. The molecule has 1 atom stereocenters. The van der Waals surface area contributed by atoms with Crippen LogP contribution < -0.4 is 5.73 Å². The zero-order valence-electron chi connectivity index (χ0n) is 9.05. The molecule has 0 aliphatic heterocycles. The number of nitrogen functional groups attached to an aromatic ring is 1. The fraction of sp³-hybridized carbons (Fsp3) is 0.700. The van der Waals surface area contributed by atoms with Crippen molar-refractivity contribution < 1.29 is 0 Å². The Labute approximate surface area is 90.2 Å². The van der Waals surface area contributed by atoms with Crippen LogP contribution in [0, 0.1) is 6.92 Å². The number of nitrogens with two attached hydrogens (primary N) is 1. The Hall–Kier alpha value is -0.700. The maximum Gasteiger partial charge on any atom is 0.141 e. The van der Waals surface area contributed by atoms with E-state index in [1.807, 2.05) is 11.6 Å². The van der Waals surface area contributed by atoms with Crippen LogP contribution in [0.4, 0.5) is 5.82 Å². The third-order valence-electron chi connectivity index (χ3n) is 2.49. The van der Waals surface area contributed by atoms with Gasteiger partial charge in [0.15, 0.2) is 0 Å². The first-order valence-electron chi connectivity index (χ1n) is 5.11. The molecule has 0 radical (unpaired) electrons. The van der Waals surface area contributed by atoms with Gasteiger partial charge in [0, 0.05) is 0 Å². The molecular formula is C10H18ClN3. The van der Waals surface area contributed by atoms with Gasteiger partial charge in [0.05, 0.1) is 11.7 Å². The van der Waals surface area contributed by atoms with Crippen molar-refractivity contribution in [1.82, 2.24) is 9.78 Å². The molecule has 1 rings (SSSR count). The van der Waals surface area contributed by atoms with Crippen LogP contribution in [0.5, 0.6) is 0 Å². The molecule has 4 heteroatoms. The van der Waals surface area contributed by atoms with E-state index in [4.69, 9.17) is 17.3 Å². The van der Waals surface area contributed by atoms with Crippen LogP contribution in [-0.2, 0) is 0 Å². The van der Waals surface area contributed by atoms with Gasteiger partial charge < -0.3 is 5.73 Å². The quantitative estimate of drug-likeness (QED) is 0.839. The Kier molecular flexibility index (Phi) is 3.81. The molecule has 0 aliphatic rings. The lowest BCUT2D eigenvalue weighted by molar-refractivity contribution is 0.413. The van der Waals surface area contributed by atoms with Gasteiger partial charge >= 0.3 is 0 Å². The predicted octanol–water partition coefficient (Wildman–Crippen LogP) is 3.18. The third-order valence-corrected chi connectivity index (χ3v) is 2.95. The van der Waals surface area contributed by atoms with Gasteiger partial charge in [-0.05, 0) is 19.8 Å². The molecule has 3 nitrogen and oxygen atoms in total. The topological polar surface area (TPSA) is 43.8 Å². The normalized spacial score (nSPS) is 13.1. The third kappa shape index (κ3) is 2.03. The van der Waals surface area contributed by atoms with E-state index in [9.17, 15) is 0 Å². The number of nitrogens with zero attached hydrogens (tertiary/aromatic N) is 2. The van der Waals surface area contributed by atoms with E-state index in [0.717, 1.165) is 25.0 Å². The molecule has 1 heterocycles. The summed E-state index contributed by atoms with van der Waals surface area (Å²) in [5, 5.41) is 4.96. The molecule has 0 amide bonds. The molecule has 1 unspecified atom stereocenters. The van der Waals surface area contributed by atoms with Gasteiger partial charge in [-0.25, -0.2) is 4.68 Å². The lowest BCUT2D eigenvalue weighted by atomic mass is 10.1. The smallest absolute Gasteiger partial charge is 0.141 e. The van der Waals surface area contributed by atoms with Crippen LogP contribution >= 0.6 is 11.6 Å². The van der Waals surface area contributed by atoms with Crippen molar-refractivity contribution in [3.05, 3.63) is 10.7 Å². The van der Waals surface area contributed by atoms with E-state index >= 15 is 0 Å². The first kappa shape index (κ1) is 11.4. The highest BCUT2D eigenvalue weighted by Gasteiger charge is 2.16. The fourth-order valence-corrected chi connectivity index (χ4v) is 1.78. The molecule has 0 fully saturated rings. The highest BCUT2D eigenvalue weighted by Crippen LogP contribution is 2.28. The lowest BCUT2D eigenvalue weighted by Crippen LogP contribution is -2.12. The number of hydrogen-bond donors (Lipinski definition) is 1. The number of anilines is 1. The maximum absolute atomic E-state index is 5.99. The second kappa shape index (κ2) is 4.69. The largest absolute Gasteiger partial charge is 0.383 e. The molecule has 2 N–H and O–H groups in total. The van der Waals surface area contributed by atoms with E-state index in [0.29, 0.717) is 16.9 Å². The molecule has 1 aromatic rings. The van der Waals surface area contributed by atoms with Gasteiger partial charge in [-0.3, -0.25) is 0 Å². The molecule has 0 aromatic carbocycles. The highest BCUT2D eigenvalue weighted by atomic mass is 35.5. The standard InChI is InChI=1S/C10H18ClN3/c1-4-6-8(5-2)14-10(12)9(11)7(3)13-14/h8H,4-6,12H2,1-3H3. The van der Waals surface area contributed by atoms with Gasteiger partial charge in [-0.2, -0.15) is 5.10 Å². The van der Waals surface area contributed by atoms with Crippen molar-refractivity contribution in [3.63, 3.8) is 0 Å². The Morgan fingerprint density at radius 1 is 1.50 bits per heavy atom. The van der Waals surface area contributed by atoms with E-state index in [1.54, 1.807) is 0 Å². The van der Waals surface area contributed by atoms with Crippen molar-refractivity contribution >= 4 is 17.4 Å². The first-order valence-corrected chi connectivity index (χ1v) is 5.49. The van der Waals surface area contributed by atoms with Gasteiger partial charge in [0.25, 0.3) is 0 Å². The van der Waals surface area contributed by atoms with E-state index in [2.05, 4.69) is 18.9 Å². The number of hydrogen-bond acceptors (Lipinski definition) is 2. The molecule has 80 valence electrons. The predicted molar refractivity (Wildman–Crippen MR) is 60.6 cm³/mol. The average molecular weight is 216 g/mol. The van der Waals surface area contributed by atoms with Crippen LogP contribution in [0.2, 0.25) is 5.02 Å². The number of aryl methyl sites for hydroxylation is 1. The van der Waals surface area contributed by atoms with Gasteiger partial charge in [-0.1, -0.05) is 31.9 Å². The molecule has 0 saturated heterocycles. The van der Waals surface area contributed by atoms with Crippen LogP contribution in [0.3, 0.4) is 0 Å². The second-order valence-corrected chi connectivity index (χ2v) is 3.96. The van der Waals surface area contributed by atoms with Crippen LogP contribution in [0.15, 0.2) is 0 Å². The van der Waals surface area contributed by atoms with Crippen LogP contribution in [0.1, 0.15) is 44.8 Å². The zero-order chi connectivity index (χ0) is 10.7. The minimum absolute atomic E-state index is 0.381. The van der Waals surface area contributed by atoms with Gasteiger partial charge in [-0.15, -0.1) is 0 Å². The van der Waals surface area contributed by atoms with Crippen molar-refractivity contribution in [2.24, 2.45) is 0 Å². The highest BCUT2D eigenvalue weighted by molar-refractivity contribution is 6.33. The van der Waals surface area contributed by atoms with Crippen molar-refractivity contribution in [1.29, 1.82) is 0 Å². The molecular weight excluding hydrogens is 198 g/mol. The Balaban J connectivity index is 2.98. The van der Waals surface area contributed by atoms with Crippen LogP contribution in [0.25, 0.3) is 0 Å². The number of halogens is 1. The summed E-state index contributed by atoms with van der Waals surface area (Å²) < 4.78 is 1.86. The lowest BCUT2D eigenvalue weighted by Gasteiger charge is -2.15. The van der Waals surface area contributed by atoms with Crippen molar-refractivity contribution in [3.8, 4) is 0 Å². The number of aromatic nitrogens is 2. The summed E-state index contributed by atoms with van der Waals surface area (Å²) in [6, 6.07) is 0.381. The number of rotatable bonds is 4. The van der Waals surface area contributed by atoms with Gasteiger partial charge in [0.2, 0.25) is 0 Å². The first-order chi connectivity index (χ1) is 6.61. The van der Waals surface area contributed by atoms with E-state index in [1.165, 1.54) is 0 Å². The summed E-state index contributed by atoms with van der Waals surface area (Å²) in [5.41, 5.74) is 6.70. The van der Waals surface area contributed by atoms with Crippen molar-refractivity contribution in [2.45, 2.75) is 46.1 Å². The van der Waals surface area contributed by atoms with E-state index < -0.39 is 0 Å². The molecule has 0 bridgehead atoms. The summed E-state index contributed by atoms with van der Waals surface area (Å²) in [5.74, 6) is 0.601. The molecule has 14 heavy (non-hydrogen) atoms. The summed E-state index contributed by atoms with van der Waals surface area (Å²) >= 11 is 5.99. The minimum atomic E-state index is 0.381. The Morgan fingerprint density at radius 3 is 2.50 bits per heavy atom. The van der Waals surface area contributed by atoms with Crippen molar-refractivity contribution in [2.75, 3.05) is 5.73 Å². The SMILES string of the molecule is CCCC(CC)n1nc(C)c(Cl)c1N. The minimum Gasteiger partial charge on any atom is -0.383 e. The molecule has 0 spiro atoms. The second-order valence-electron chi connectivity index (χ2n) is 3.58. The van der Waals surface area contributed by atoms with E-state index in [-0.39, 0.29) is 0 Å².